The summed E-state index contributed by atoms with van der Waals surface area (Å²) in [6.07, 6.45) is 4.79. The minimum atomic E-state index is -1.03. The number of urea groups is 1. The van der Waals surface area contributed by atoms with E-state index in [0.29, 0.717) is 18.2 Å². The van der Waals surface area contributed by atoms with Crippen LogP contribution in [0.5, 0.6) is 0 Å². The quantitative estimate of drug-likeness (QED) is 0.888. The number of aromatic carboxylic acids is 1. The second kappa shape index (κ2) is 6.41. The van der Waals surface area contributed by atoms with Gasteiger partial charge < -0.3 is 10.4 Å². The summed E-state index contributed by atoms with van der Waals surface area (Å²) < 4.78 is 0. The molecule has 0 saturated heterocycles. The zero-order valence-electron chi connectivity index (χ0n) is 11.6. The van der Waals surface area contributed by atoms with E-state index in [1.165, 1.54) is 23.8 Å². The fourth-order valence-electron chi connectivity index (χ4n) is 2.62. The van der Waals surface area contributed by atoms with E-state index >= 15 is 0 Å². The van der Waals surface area contributed by atoms with E-state index < -0.39 is 5.97 Å². The first kappa shape index (κ1) is 14.4. The molecular weight excluding hydrogens is 256 g/mol. The van der Waals surface area contributed by atoms with E-state index in [2.05, 4.69) is 5.32 Å². The highest BCUT2D eigenvalue weighted by molar-refractivity contribution is 6.01. The van der Waals surface area contributed by atoms with E-state index in [9.17, 15) is 9.59 Å². The molecule has 5 nitrogen and oxygen atoms in total. The van der Waals surface area contributed by atoms with Crippen molar-refractivity contribution >= 4 is 17.7 Å². The van der Waals surface area contributed by atoms with Crippen molar-refractivity contribution in [3.63, 3.8) is 0 Å². The largest absolute Gasteiger partial charge is 0.478 e. The highest BCUT2D eigenvalue weighted by Gasteiger charge is 2.20. The molecule has 0 aromatic heterocycles. The zero-order valence-corrected chi connectivity index (χ0v) is 11.6. The molecule has 1 fully saturated rings. The Morgan fingerprint density at radius 3 is 2.60 bits per heavy atom. The van der Waals surface area contributed by atoms with Crippen molar-refractivity contribution in [2.24, 2.45) is 5.92 Å². The van der Waals surface area contributed by atoms with Gasteiger partial charge in [0.1, 0.15) is 0 Å². The van der Waals surface area contributed by atoms with Gasteiger partial charge in [0.25, 0.3) is 0 Å². The van der Waals surface area contributed by atoms with Gasteiger partial charge in [-0.1, -0.05) is 25.0 Å². The number of para-hydroxylation sites is 1. The number of carboxylic acids is 1. The lowest BCUT2D eigenvalue weighted by Crippen LogP contribution is -2.40. The molecule has 1 aliphatic carbocycles. The average molecular weight is 276 g/mol. The van der Waals surface area contributed by atoms with Crippen LogP contribution in [0.3, 0.4) is 0 Å². The number of nitrogens with one attached hydrogen (secondary N) is 1. The molecule has 1 aromatic rings. The van der Waals surface area contributed by atoms with Gasteiger partial charge in [-0.2, -0.15) is 0 Å². The molecule has 20 heavy (non-hydrogen) atoms. The third-order valence-electron chi connectivity index (χ3n) is 3.82. The van der Waals surface area contributed by atoms with Gasteiger partial charge in [0.15, 0.2) is 0 Å². The molecule has 5 heteroatoms. The van der Waals surface area contributed by atoms with Gasteiger partial charge in [0, 0.05) is 13.6 Å². The first-order valence-corrected chi connectivity index (χ1v) is 6.93. The van der Waals surface area contributed by atoms with Gasteiger partial charge in [0.05, 0.1) is 11.3 Å². The van der Waals surface area contributed by atoms with Crippen LogP contribution in [0, 0.1) is 5.92 Å². The highest BCUT2D eigenvalue weighted by atomic mass is 16.4. The second-order valence-corrected chi connectivity index (χ2v) is 5.22. The summed E-state index contributed by atoms with van der Waals surface area (Å²) in [5.74, 6) is -0.474. The Morgan fingerprint density at radius 1 is 1.30 bits per heavy atom. The summed E-state index contributed by atoms with van der Waals surface area (Å²) in [5, 5.41) is 12.0. The molecule has 2 amide bonds. The van der Waals surface area contributed by atoms with Gasteiger partial charge in [-0.25, -0.2) is 9.59 Å². The van der Waals surface area contributed by atoms with Crippen LogP contribution in [-0.2, 0) is 0 Å². The van der Waals surface area contributed by atoms with Crippen LogP contribution < -0.4 is 10.2 Å². The minimum absolute atomic E-state index is 0.131. The van der Waals surface area contributed by atoms with Crippen molar-refractivity contribution in [3.05, 3.63) is 29.8 Å². The maximum Gasteiger partial charge on any atom is 0.337 e. The standard InChI is InChI=1S/C15H20N2O3/c1-17(13-9-5-4-8-12(13)14(18)19)15(20)16-10-11-6-2-3-7-11/h4-5,8-9,11H,2-3,6-7,10H2,1H3,(H,16,20)(H,18,19). The number of nitrogens with zero attached hydrogens (tertiary/aromatic N) is 1. The number of carboxylic acid groups (broad SMARTS) is 1. The molecule has 0 atom stereocenters. The molecule has 1 aliphatic rings. The number of anilines is 1. The Bertz CT molecular complexity index is 496. The maximum atomic E-state index is 12.1. The Balaban J connectivity index is 2.00. The molecule has 0 radical (unpaired) electrons. The summed E-state index contributed by atoms with van der Waals surface area (Å²) in [6.45, 7) is 0.665. The number of rotatable bonds is 4. The SMILES string of the molecule is CN(C(=O)NCC1CCCC1)c1ccccc1C(=O)O. The number of hydrogen-bond acceptors (Lipinski definition) is 2. The monoisotopic (exact) mass is 276 g/mol. The van der Waals surface area contributed by atoms with E-state index in [1.54, 1.807) is 25.2 Å². The number of hydrogen-bond donors (Lipinski definition) is 2. The third-order valence-corrected chi connectivity index (χ3v) is 3.82. The van der Waals surface area contributed by atoms with Crippen LogP contribution in [0.2, 0.25) is 0 Å². The van der Waals surface area contributed by atoms with Crippen molar-refractivity contribution in [3.8, 4) is 0 Å². The van der Waals surface area contributed by atoms with E-state index in [-0.39, 0.29) is 11.6 Å². The van der Waals surface area contributed by atoms with E-state index in [0.717, 1.165) is 12.8 Å². The van der Waals surface area contributed by atoms with Gasteiger partial charge in [-0.05, 0) is 30.9 Å². The summed E-state index contributed by atoms with van der Waals surface area (Å²) in [6, 6.07) is 6.25. The number of amides is 2. The molecule has 108 valence electrons. The van der Waals surface area contributed by atoms with E-state index in [4.69, 9.17) is 5.11 Å². The van der Waals surface area contributed by atoms with Crippen LogP contribution in [0.25, 0.3) is 0 Å². The van der Waals surface area contributed by atoms with Gasteiger partial charge in [-0.3, -0.25) is 4.90 Å². The first-order valence-electron chi connectivity index (χ1n) is 6.93. The number of benzene rings is 1. The number of carbonyl (C=O) groups excluding carboxylic acids is 1. The van der Waals surface area contributed by atoms with Crippen molar-refractivity contribution in [2.75, 3.05) is 18.5 Å². The lowest BCUT2D eigenvalue weighted by molar-refractivity contribution is 0.0697. The maximum absolute atomic E-state index is 12.1. The lowest BCUT2D eigenvalue weighted by atomic mass is 10.1. The fourth-order valence-corrected chi connectivity index (χ4v) is 2.62. The van der Waals surface area contributed by atoms with Gasteiger partial charge in [-0.15, -0.1) is 0 Å². The van der Waals surface area contributed by atoms with Crippen LogP contribution in [0.4, 0.5) is 10.5 Å². The van der Waals surface area contributed by atoms with E-state index in [1.807, 2.05) is 0 Å². The van der Waals surface area contributed by atoms with Crippen LogP contribution >= 0.6 is 0 Å². The second-order valence-electron chi connectivity index (χ2n) is 5.22. The Hall–Kier alpha value is -2.04. The summed E-state index contributed by atoms with van der Waals surface area (Å²) in [4.78, 5) is 24.6. The fraction of sp³-hybridized carbons (Fsp3) is 0.467. The molecule has 2 N–H and O–H groups in total. The lowest BCUT2D eigenvalue weighted by Gasteiger charge is -2.21. The van der Waals surface area contributed by atoms with Crippen LogP contribution in [0.1, 0.15) is 36.0 Å². The minimum Gasteiger partial charge on any atom is -0.478 e. The van der Waals surface area contributed by atoms with Gasteiger partial charge >= 0.3 is 12.0 Å². The molecule has 0 heterocycles. The molecule has 0 bridgehead atoms. The summed E-state index contributed by atoms with van der Waals surface area (Å²) in [5.41, 5.74) is 0.537. The molecule has 1 aromatic carbocycles. The van der Waals surface area contributed by atoms with Crippen molar-refractivity contribution in [1.82, 2.24) is 5.32 Å². The summed E-state index contributed by atoms with van der Waals surface area (Å²) >= 11 is 0. The van der Waals surface area contributed by atoms with Crippen molar-refractivity contribution in [1.29, 1.82) is 0 Å². The molecule has 0 spiro atoms. The average Bonchev–Trinajstić information content (AvgIpc) is 2.97. The smallest absolute Gasteiger partial charge is 0.337 e. The predicted octanol–water partition coefficient (Wildman–Crippen LogP) is 2.72. The first-order chi connectivity index (χ1) is 9.59. The molecule has 0 aliphatic heterocycles. The van der Waals surface area contributed by atoms with Crippen LogP contribution in [-0.4, -0.2) is 30.7 Å². The highest BCUT2D eigenvalue weighted by Crippen LogP contribution is 2.24. The zero-order chi connectivity index (χ0) is 14.5. The predicted molar refractivity (Wildman–Crippen MR) is 77.2 cm³/mol. The summed E-state index contributed by atoms with van der Waals surface area (Å²) in [7, 11) is 1.59. The van der Waals surface area contributed by atoms with Crippen molar-refractivity contribution < 1.29 is 14.7 Å². The van der Waals surface area contributed by atoms with Crippen LogP contribution in [0.15, 0.2) is 24.3 Å². The normalized spacial score (nSPS) is 15.1. The van der Waals surface area contributed by atoms with Crippen molar-refractivity contribution in [2.45, 2.75) is 25.7 Å². The molecule has 0 unspecified atom stereocenters. The molecular formula is C15H20N2O3. The topological polar surface area (TPSA) is 69.6 Å². The Labute approximate surface area is 118 Å². The third kappa shape index (κ3) is 3.29. The Morgan fingerprint density at radius 2 is 1.95 bits per heavy atom. The molecule has 1 saturated carbocycles. The Kier molecular flexibility index (Phi) is 4.61. The molecule has 2 rings (SSSR count). The van der Waals surface area contributed by atoms with Gasteiger partial charge in [0.2, 0.25) is 0 Å². The number of carbonyl (C=O) groups is 2.